The number of carbonyl (C=O) groups is 4. The Morgan fingerprint density at radius 2 is 1.87 bits per heavy atom. The summed E-state index contributed by atoms with van der Waals surface area (Å²) >= 11 is 0. The number of aliphatic carboxylic acids is 1. The van der Waals surface area contributed by atoms with Crippen LogP contribution in [0.15, 0.2) is 30.5 Å². The van der Waals surface area contributed by atoms with Crippen molar-refractivity contribution in [3.8, 4) is 0 Å². The van der Waals surface area contributed by atoms with Crippen LogP contribution in [-0.4, -0.2) is 75.9 Å². The van der Waals surface area contributed by atoms with E-state index >= 15 is 0 Å². The molecule has 1 aromatic heterocycles. The van der Waals surface area contributed by atoms with Crippen molar-refractivity contribution in [1.29, 1.82) is 0 Å². The maximum absolute atomic E-state index is 13.6. The first kappa shape index (κ1) is 30.1. The van der Waals surface area contributed by atoms with Gasteiger partial charge in [-0.05, 0) is 69.0 Å². The zero-order valence-electron chi connectivity index (χ0n) is 22.8. The van der Waals surface area contributed by atoms with Gasteiger partial charge in [0.05, 0.1) is 6.04 Å². The van der Waals surface area contributed by atoms with Gasteiger partial charge in [-0.15, -0.1) is 0 Å². The molecule has 1 aromatic carbocycles. The summed E-state index contributed by atoms with van der Waals surface area (Å²) < 4.78 is 0. The van der Waals surface area contributed by atoms with E-state index < -0.39 is 42.0 Å². The first-order chi connectivity index (χ1) is 18.6. The van der Waals surface area contributed by atoms with Gasteiger partial charge in [-0.3, -0.25) is 14.4 Å². The number of benzene rings is 1. The number of fused-ring (bicyclic) bond motifs is 1. The highest BCUT2D eigenvalue weighted by Gasteiger charge is 2.39. The normalized spacial score (nSPS) is 17.7. The van der Waals surface area contributed by atoms with E-state index in [-0.39, 0.29) is 18.2 Å². The summed E-state index contributed by atoms with van der Waals surface area (Å²) in [7, 11) is 0. The van der Waals surface area contributed by atoms with Crippen LogP contribution in [0.4, 0.5) is 0 Å². The molecular formula is C28H42N6O5. The third-order valence-corrected chi connectivity index (χ3v) is 7.17. The second-order valence-electron chi connectivity index (χ2n) is 10.7. The fourth-order valence-electron chi connectivity index (χ4n) is 5.12. The number of nitrogens with zero attached hydrogens (tertiary/aromatic N) is 1. The minimum atomic E-state index is -1.11. The average molecular weight is 543 g/mol. The second kappa shape index (κ2) is 14.1. The third kappa shape index (κ3) is 8.03. The Labute approximate surface area is 229 Å². The van der Waals surface area contributed by atoms with E-state index in [1.807, 2.05) is 44.3 Å². The molecule has 214 valence electrons. The van der Waals surface area contributed by atoms with Crippen LogP contribution in [0.5, 0.6) is 0 Å². The van der Waals surface area contributed by atoms with E-state index in [0.29, 0.717) is 51.6 Å². The molecule has 4 atom stereocenters. The number of carbonyl (C=O) groups excluding carboxylic acids is 3. The maximum Gasteiger partial charge on any atom is 0.326 e. The molecule has 1 aliphatic heterocycles. The highest BCUT2D eigenvalue weighted by atomic mass is 16.4. The molecule has 8 N–H and O–H groups in total. The maximum atomic E-state index is 13.6. The first-order valence-corrected chi connectivity index (χ1v) is 13.8. The third-order valence-electron chi connectivity index (χ3n) is 7.17. The lowest BCUT2D eigenvalue weighted by atomic mass is 10.0. The zero-order valence-corrected chi connectivity index (χ0v) is 22.8. The second-order valence-corrected chi connectivity index (χ2v) is 10.7. The molecule has 2 heterocycles. The van der Waals surface area contributed by atoms with Gasteiger partial charge in [-0.25, -0.2) is 4.79 Å². The number of aromatic nitrogens is 1. The summed E-state index contributed by atoms with van der Waals surface area (Å²) in [5.41, 5.74) is 13.8. The number of carboxylic acid groups (broad SMARTS) is 1. The van der Waals surface area contributed by atoms with Crippen molar-refractivity contribution in [2.75, 3.05) is 13.1 Å². The molecule has 11 nitrogen and oxygen atoms in total. The van der Waals surface area contributed by atoms with Gasteiger partial charge < -0.3 is 37.1 Å². The van der Waals surface area contributed by atoms with Crippen molar-refractivity contribution in [1.82, 2.24) is 20.5 Å². The highest BCUT2D eigenvalue weighted by Crippen LogP contribution is 2.22. The number of unbranched alkanes of at least 4 members (excludes halogenated alkanes) is 1. The lowest BCUT2D eigenvalue weighted by molar-refractivity contribution is -0.145. The zero-order chi connectivity index (χ0) is 28.5. The summed E-state index contributed by atoms with van der Waals surface area (Å²) in [4.78, 5) is 56.1. The number of hydrogen-bond donors (Lipinski definition) is 6. The number of aromatic amines is 1. The summed E-state index contributed by atoms with van der Waals surface area (Å²) in [5, 5.41) is 15.9. The predicted octanol–water partition coefficient (Wildman–Crippen LogP) is 1.26. The van der Waals surface area contributed by atoms with Crippen LogP contribution in [0, 0.1) is 5.92 Å². The van der Waals surface area contributed by atoms with Crippen molar-refractivity contribution in [3.63, 3.8) is 0 Å². The molecule has 0 bridgehead atoms. The van der Waals surface area contributed by atoms with E-state index in [0.717, 1.165) is 16.5 Å². The van der Waals surface area contributed by atoms with Crippen molar-refractivity contribution >= 4 is 34.6 Å². The Morgan fingerprint density at radius 1 is 1.13 bits per heavy atom. The van der Waals surface area contributed by atoms with Gasteiger partial charge in [-0.2, -0.15) is 0 Å². The quantitative estimate of drug-likeness (QED) is 0.194. The van der Waals surface area contributed by atoms with E-state index in [1.165, 1.54) is 4.90 Å². The standard InChI is InChI=1S/C28H42N6O5/c1-17(2)14-23(28(38)39)33-26(36)24-11-7-13-34(24)27(37)22(10-5-6-12-29)32-25(35)20(30)15-18-16-31-21-9-4-3-8-19(18)21/h3-4,8-9,16-17,20,22-24,31H,5-7,10-15,29-30H2,1-2H3,(H,32,35)(H,33,36)(H,38,39). The molecule has 1 fully saturated rings. The van der Waals surface area contributed by atoms with Crippen molar-refractivity contribution in [3.05, 3.63) is 36.0 Å². The number of H-pyrrole nitrogens is 1. The van der Waals surface area contributed by atoms with E-state index in [1.54, 1.807) is 0 Å². The van der Waals surface area contributed by atoms with Crippen molar-refractivity contribution in [2.24, 2.45) is 17.4 Å². The summed E-state index contributed by atoms with van der Waals surface area (Å²) in [6.45, 7) is 4.57. The van der Waals surface area contributed by atoms with Gasteiger partial charge >= 0.3 is 5.97 Å². The number of carboxylic acids is 1. The lowest BCUT2D eigenvalue weighted by Gasteiger charge is -2.30. The van der Waals surface area contributed by atoms with Crippen molar-refractivity contribution < 1.29 is 24.3 Å². The molecule has 3 rings (SSSR count). The van der Waals surface area contributed by atoms with E-state index in [2.05, 4.69) is 15.6 Å². The number of rotatable bonds is 14. The summed E-state index contributed by atoms with van der Waals surface area (Å²) in [6, 6.07) is 4.18. The highest BCUT2D eigenvalue weighted by molar-refractivity contribution is 5.94. The van der Waals surface area contributed by atoms with Gasteiger partial charge in [0.2, 0.25) is 17.7 Å². The minimum Gasteiger partial charge on any atom is -0.480 e. The number of para-hydroxylation sites is 1. The predicted molar refractivity (Wildman–Crippen MR) is 149 cm³/mol. The fourth-order valence-corrected chi connectivity index (χ4v) is 5.12. The molecule has 4 unspecified atom stereocenters. The molecule has 39 heavy (non-hydrogen) atoms. The number of nitrogens with one attached hydrogen (secondary N) is 3. The van der Waals surface area contributed by atoms with E-state index in [9.17, 15) is 24.3 Å². The van der Waals surface area contributed by atoms with Gasteiger partial charge in [0, 0.05) is 23.6 Å². The molecule has 0 spiro atoms. The molecule has 2 aromatic rings. The Hall–Kier alpha value is -3.44. The lowest BCUT2D eigenvalue weighted by Crippen LogP contribution is -2.57. The Kier molecular flexibility index (Phi) is 10.9. The number of hydrogen-bond acceptors (Lipinski definition) is 6. The molecule has 11 heteroatoms. The topological polar surface area (TPSA) is 184 Å². The Morgan fingerprint density at radius 3 is 2.56 bits per heavy atom. The fraction of sp³-hybridized carbons (Fsp3) is 0.571. The molecule has 0 aliphatic carbocycles. The monoisotopic (exact) mass is 542 g/mol. The van der Waals surface area contributed by atoms with Crippen molar-refractivity contribution in [2.45, 2.75) is 83.0 Å². The van der Waals surface area contributed by atoms with Gasteiger partial charge in [-0.1, -0.05) is 32.0 Å². The number of amides is 3. The Bertz CT molecular complexity index is 1150. The number of likely N-dealkylation sites (tertiary alicyclic amines) is 1. The SMILES string of the molecule is CC(C)CC(NC(=O)C1CCCN1C(=O)C(CCCCN)NC(=O)C(N)Cc1c[nH]c2ccccc12)C(=O)O. The van der Waals surface area contributed by atoms with Gasteiger partial charge in [0.15, 0.2) is 0 Å². The van der Waals surface area contributed by atoms with E-state index in [4.69, 9.17) is 11.5 Å². The van der Waals surface area contributed by atoms with Crippen LogP contribution in [0.3, 0.4) is 0 Å². The Balaban J connectivity index is 1.69. The van der Waals surface area contributed by atoms with Crippen LogP contribution < -0.4 is 22.1 Å². The smallest absolute Gasteiger partial charge is 0.326 e. The van der Waals surface area contributed by atoms with Crippen LogP contribution in [0.25, 0.3) is 10.9 Å². The van der Waals surface area contributed by atoms with Crippen LogP contribution >= 0.6 is 0 Å². The molecule has 0 saturated carbocycles. The van der Waals surface area contributed by atoms with Gasteiger partial charge in [0.25, 0.3) is 0 Å². The van der Waals surface area contributed by atoms with Crippen LogP contribution in [0.2, 0.25) is 0 Å². The minimum absolute atomic E-state index is 0.0725. The molecule has 1 aliphatic rings. The van der Waals surface area contributed by atoms with Gasteiger partial charge in [0.1, 0.15) is 18.1 Å². The van der Waals surface area contributed by atoms with Crippen LogP contribution in [-0.2, 0) is 25.6 Å². The average Bonchev–Trinajstić information content (AvgIpc) is 3.55. The summed E-state index contributed by atoms with van der Waals surface area (Å²) in [6.07, 6.45) is 5.10. The molecular weight excluding hydrogens is 500 g/mol. The molecule has 1 saturated heterocycles. The summed E-state index contributed by atoms with van der Waals surface area (Å²) in [5.74, 6) is -2.34. The molecule has 0 radical (unpaired) electrons. The molecule has 3 amide bonds. The first-order valence-electron chi connectivity index (χ1n) is 13.8. The van der Waals surface area contributed by atoms with Crippen LogP contribution in [0.1, 0.15) is 57.9 Å². The number of nitrogens with two attached hydrogens (primary N) is 2. The largest absolute Gasteiger partial charge is 0.480 e.